The number of rotatable bonds is 3. The van der Waals surface area contributed by atoms with Crippen LogP contribution in [0.1, 0.15) is 6.92 Å². The summed E-state index contributed by atoms with van der Waals surface area (Å²) in [7, 11) is 0. The van der Waals surface area contributed by atoms with E-state index in [1.165, 1.54) is 5.25 Å². The molecule has 0 amide bonds. The van der Waals surface area contributed by atoms with Crippen LogP contribution in [0.15, 0.2) is 60.7 Å². The predicted octanol–water partition coefficient (Wildman–Crippen LogP) is 4.00. The molecule has 0 spiro atoms. The minimum atomic E-state index is -1.46. The third-order valence-corrected chi connectivity index (χ3v) is 8.40. The van der Waals surface area contributed by atoms with Gasteiger partial charge < -0.3 is 0 Å². The van der Waals surface area contributed by atoms with Crippen molar-refractivity contribution in [1.29, 1.82) is 0 Å². The molecule has 0 saturated heterocycles. The third-order valence-electron chi connectivity index (χ3n) is 2.60. The molecule has 100 valence electrons. The van der Waals surface area contributed by atoms with E-state index in [1.54, 1.807) is 8.79 Å². The van der Waals surface area contributed by atoms with Gasteiger partial charge in [-0.1, -0.05) is 0 Å². The Morgan fingerprint density at radius 3 is 1.37 bits per heavy atom. The quantitative estimate of drug-likeness (QED) is 0.549. The molecule has 0 aliphatic rings. The van der Waals surface area contributed by atoms with Gasteiger partial charge in [0.05, 0.1) is 0 Å². The van der Waals surface area contributed by atoms with Gasteiger partial charge in [-0.15, -0.1) is 33.2 Å². The minimum absolute atomic E-state index is 1.22. The summed E-state index contributed by atoms with van der Waals surface area (Å²) in [5, 5.41) is 1.31. The van der Waals surface area contributed by atoms with E-state index < -0.39 is 21.1 Å². The summed E-state index contributed by atoms with van der Waals surface area (Å²) in [5.74, 6) is 0. The summed E-state index contributed by atoms with van der Waals surface area (Å²) in [5.41, 5.74) is 0. The van der Waals surface area contributed by atoms with Gasteiger partial charge in [-0.3, -0.25) is 0 Å². The Labute approximate surface area is 135 Å². The molecule has 2 aromatic rings. The topological polar surface area (TPSA) is 0 Å². The number of benzene rings is 2. The van der Waals surface area contributed by atoms with Crippen molar-refractivity contribution in [2.75, 3.05) is 0 Å². The first-order chi connectivity index (χ1) is 9.15. The third kappa shape index (κ3) is 6.87. The fraction of sp³-hybridized carbons (Fsp3) is 0.143. The van der Waals surface area contributed by atoms with E-state index in [0.29, 0.717) is 0 Å². The monoisotopic (exact) mass is 390 g/mol. The smallest absolute Gasteiger partial charge is 0.125 e. The Hall–Kier alpha value is 0.0697. The van der Waals surface area contributed by atoms with Gasteiger partial charge in [0.2, 0.25) is 0 Å². The fourth-order valence-electron chi connectivity index (χ4n) is 1.85. The standard InChI is InChI=1S/C14H15Ge.Cl3Si/c1-2-15(13-9-5-3-6-10-13)14-11-7-4-8-12-14;1-4(2)3/h3-12H,2H2,1H3;. The van der Waals surface area contributed by atoms with Gasteiger partial charge in [0.25, 0.3) is 0 Å². The van der Waals surface area contributed by atoms with Crippen LogP contribution in [0.2, 0.25) is 5.25 Å². The molecule has 2 rings (SSSR count). The molecule has 0 N–H and O–H groups in total. The summed E-state index contributed by atoms with van der Waals surface area (Å²) in [6.45, 7) is 0.852. The molecule has 5 heteroatoms. The van der Waals surface area contributed by atoms with Crippen LogP contribution in [-0.2, 0) is 0 Å². The second-order valence-electron chi connectivity index (χ2n) is 3.78. The maximum Gasteiger partial charge on any atom is 0.376 e. The van der Waals surface area contributed by atoms with Crippen LogP contribution in [0.5, 0.6) is 0 Å². The van der Waals surface area contributed by atoms with E-state index in [-0.39, 0.29) is 0 Å². The van der Waals surface area contributed by atoms with Crippen LogP contribution in [0.4, 0.5) is 0 Å². The van der Waals surface area contributed by atoms with Crippen molar-refractivity contribution in [2.45, 2.75) is 12.2 Å². The summed E-state index contributed by atoms with van der Waals surface area (Å²) in [6.07, 6.45) is 0. The van der Waals surface area contributed by atoms with Crippen LogP contribution in [0, 0.1) is 0 Å². The number of hydrogen-bond acceptors (Lipinski definition) is 0. The van der Waals surface area contributed by atoms with Crippen LogP contribution >= 0.6 is 33.2 Å². The van der Waals surface area contributed by atoms with Crippen molar-refractivity contribution < 1.29 is 0 Å². The Bertz CT molecular complexity index is 409. The van der Waals surface area contributed by atoms with E-state index in [9.17, 15) is 0 Å². The Morgan fingerprint density at radius 1 is 0.789 bits per heavy atom. The first-order valence-electron chi connectivity index (χ1n) is 5.95. The fourth-order valence-corrected chi connectivity index (χ4v) is 6.76. The molecular weight excluding hydrogens is 375 g/mol. The molecule has 0 unspecified atom stereocenters. The van der Waals surface area contributed by atoms with Crippen LogP contribution in [0.3, 0.4) is 0 Å². The Morgan fingerprint density at radius 2 is 1.11 bits per heavy atom. The zero-order valence-electron chi connectivity index (χ0n) is 10.6. The van der Waals surface area contributed by atoms with Crippen molar-refractivity contribution in [3.05, 3.63) is 60.7 Å². The van der Waals surface area contributed by atoms with E-state index >= 15 is 0 Å². The van der Waals surface area contributed by atoms with Gasteiger partial charge in [0.15, 0.2) is 0 Å². The largest absolute Gasteiger partial charge is 0.376 e. The van der Waals surface area contributed by atoms with E-state index in [1.807, 2.05) is 0 Å². The summed E-state index contributed by atoms with van der Waals surface area (Å²) in [4.78, 5) is 0. The normalized spacial score (nSPS) is 10.2. The van der Waals surface area contributed by atoms with Crippen molar-refractivity contribution in [2.24, 2.45) is 0 Å². The van der Waals surface area contributed by atoms with Crippen molar-refractivity contribution >= 4 is 63.1 Å². The number of halogens is 3. The summed E-state index contributed by atoms with van der Waals surface area (Å²) in [6, 6.07) is 21.9. The maximum absolute atomic E-state index is 4.91. The molecule has 0 aliphatic carbocycles. The van der Waals surface area contributed by atoms with Crippen LogP contribution in [0.25, 0.3) is 0 Å². The molecular formula is C14H15Cl3GeSi. The van der Waals surface area contributed by atoms with Gasteiger partial charge in [-0.05, 0) is 0 Å². The minimum Gasteiger partial charge on any atom is -0.125 e. The van der Waals surface area contributed by atoms with Gasteiger partial charge in [-0.2, -0.15) is 0 Å². The molecule has 2 aromatic carbocycles. The summed E-state index contributed by atoms with van der Waals surface area (Å²) >= 11 is 13.5. The van der Waals surface area contributed by atoms with Crippen molar-refractivity contribution in [3.8, 4) is 0 Å². The molecule has 19 heavy (non-hydrogen) atoms. The molecule has 0 aliphatic heterocycles. The molecule has 0 saturated carbocycles. The zero-order chi connectivity index (χ0) is 14.1. The Kier molecular flexibility index (Phi) is 8.92. The maximum atomic E-state index is 4.91. The second kappa shape index (κ2) is 9.89. The Balaban J connectivity index is 0.000000399. The van der Waals surface area contributed by atoms with Crippen molar-refractivity contribution in [3.63, 3.8) is 0 Å². The van der Waals surface area contributed by atoms with Gasteiger partial charge in [-0.25, -0.2) is 0 Å². The first kappa shape index (κ1) is 17.1. The number of hydrogen-bond donors (Lipinski definition) is 0. The van der Waals surface area contributed by atoms with Crippen LogP contribution in [-0.4, -0.2) is 21.1 Å². The molecule has 0 bridgehead atoms. The van der Waals surface area contributed by atoms with Gasteiger partial charge >= 0.3 is 103 Å². The molecule has 0 fully saturated rings. The second-order valence-corrected chi connectivity index (χ2v) is 15.3. The first-order valence-corrected chi connectivity index (χ1v) is 14.1. The predicted molar refractivity (Wildman–Crippen MR) is 91.7 cm³/mol. The average Bonchev–Trinajstić information content (AvgIpc) is 2.41. The van der Waals surface area contributed by atoms with E-state index in [2.05, 4.69) is 67.6 Å². The van der Waals surface area contributed by atoms with Crippen molar-refractivity contribution in [1.82, 2.24) is 0 Å². The van der Waals surface area contributed by atoms with E-state index in [0.717, 1.165) is 0 Å². The molecule has 0 heterocycles. The molecule has 0 nitrogen and oxygen atoms in total. The summed E-state index contributed by atoms with van der Waals surface area (Å²) < 4.78 is 3.15. The van der Waals surface area contributed by atoms with Crippen LogP contribution < -0.4 is 8.79 Å². The molecule has 0 aromatic heterocycles. The average molecular weight is 390 g/mol. The zero-order valence-corrected chi connectivity index (χ0v) is 16.0. The molecule has 2 radical (unpaired) electrons. The van der Waals surface area contributed by atoms with Gasteiger partial charge in [0, 0.05) is 0 Å². The van der Waals surface area contributed by atoms with Gasteiger partial charge in [0.1, 0.15) is 0 Å². The van der Waals surface area contributed by atoms with E-state index in [4.69, 9.17) is 33.2 Å². The SMILES string of the molecule is C[CH2][Ge]([c]1ccccc1)[c]1ccccc1.Cl[Si](Cl)Cl. The molecule has 0 atom stereocenters.